The maximum atomic E-state index is 12.3. The highest BCUT2D eigenvalue weighted by molar-refractivity contribution is 7.92. The molecule has 10 heteroatoms. The van der Waals surface area contributed by atoms with Crippen molar-refractivity contribution in [3.8, 4) is 17.6 Å². The Labute approximate surface area is 175 Å². The van der Waals surface area contributed by atoms with E-state index in [0.717, 1.165) is 10.6 Å². The normalized spacial score (nSPS) is 11.0. The molecule has 0 bridgehead atoms. The van der Waals surface area contributed by atoms with Gasteiger partial charge in [-0.1, -0.05) is 12.1 Å². The van der Waals surface area contributed by atoms with E-state index in [0.29, 0.717) is 23.7 Å². The first-order valence-electron chi connectivity index (χ1n) is 8.96. The molecule has 0 saturated carbocycles. The molecule has 158 valence electrons. The van der Waals surface area contributed by atoms with Gasteiger partial charge in [0.15, 0.2) is 6.61 Å². The first kappa shape index (κ1) is 22.7. The van der Waals surface area contributed by atoms with E-state index in [2.05, 4.69) is 10.5 Å². The summed E-state index contributed by atoms with van der Waals surface area (Å²) in [6.45, 7) is 1.63. The van der Waals surface area contributed by atoms with E-state index >= 15 is 0 Å². The number of carbonyl (C=O) groups excluding carboxylic acids is 1. The summed E-state index contributed by atoms with van der Waals surface area (Å²) >= 11 is 0. The van der Waals surface area contributed by atoms with Gasteiger partial charge in [0.05, 0.1) is 24.8 Å². The van der Waals surface area contributed by atoms with E-state index in [1.165, 1.54) is 6.21 Å². The lowest BCUT2D eigenvalue weighted by Crippen LogP contribution is -2.39. The number of carbonyl (C=O) groups is 1. The van der Waals surface area contributed by atoms with Gasteiger partial charge in [-0.05, 0) is 48.9 Å². The third-order valence-electron chi connectivity index (χ3n) is 3.71. The van der Waals surface area contributed by atoms with Gasteiger partial charge in [0.1, 0.15) is 24.1 Å². The van der Waals surface area contributed by atoms with Crippen LogP contribution in [0, 0.1) is 11.3 Å². The number of rotatable bonds is 10. The predicted octanol–water partition coefficient (Wildman–Crippen LogP) is 1.90. The quantitative estimate of drug-likeness (QED) is 0.454. The Hall–Kier alpha value is -3.58. The second-order valence-electron chi connectivity index (χ2n) is 5.98. The summed E-state index contributed by atoms with van der Waals surface area (Å²) in [5.41, 5.74) is 3.27. The molecule has 0 aliphatic heterocycles. The standard InChI is InChI=1S/C20H22N4O5S/c1-3-28-19-7-5-4-6-18(19)24(30(2,26)27)15-20(25)23-22-14-16-8-10-17(11-9-16)29-13-12-21/h4-11,14H,3,13,15H2,1-2H3,(H,23,25)/b22-14-. The van der Waals surface area contributed by atoms with Gasteiger partial charge in [0.2, 0.25) is 10.0 Å². The van der Waals surface area contributed by atoms with Crippen LogP contribution in [0.15, 0.2) is 53.6 Å². The van der Waals surface area contributed by atoms with Crippen molar-refractivity contribution in [3.63, 3.8) is 0 Å². The van der Waals surface area contributed by atoms with Crippen LogP contribution in [0.5, 0.6) is 11.5 Å². The summed E-state index contributed by atoms with van der Waals surface area (Å²) in [5, 5.41) is 12.3. The highest BCUT2D eigenvalue weighted by atomic mass is 32.2. The van der Waals surface area contributed by atoms with Gasteiger partial charge in [0.25, 0.3) is 5.91 Å². The van der Waals surface area contributed by atoms with Crippen LogP contribution in [-0.2, 0) is 14.8 Å². The highest BCUT2D eigenvalue weighted by Gasteiger charge is 2.23. The lowest BCUT2D eigenvalue weighted by molar-refractivity contribution is -0.119. The van der Waals surface area contributed by atoms with Gasteiger partial charge in [-0.15, -0.1) is 0 Å². The minimum atomic E-state index is -3.74. The molecular weight excluding hydrogens is 408 g/mol. The molecule has 0 atom stereocenters. The summed E-state index contributed by atoms with van der Waals surface area (Å²) in [4.78, 5) is 12.3. The third kappa shape index (κ3) is 6.79. The number of nitrogens with zero attached hydrogens (tertiary/aromatic N) is 3. The number of hydrazone groups is 1. The molecule has 2 aromatic carbocycles. The molecule has 0 radical (unpaired) electrons. The Morgan fingerprint density at radius 1 is 1.20 bits per heavy atom. The molecule has 0 fully saturated rings. The van der Waals surface area contributed by atoms with Gasteiger partial charge < -0.3 is 9.47 Å². The van der Waals surface area contributed by atoms with E-state index in [-0.39, 0.29) is 12.3 Å². The van der Waals surface area contributed by atoms with Crippen LogP contribution < -0.4 is 19.2 Å². The maximum Gasteiger partial charge on any atom is 0.260 e. The number of anilines is 1. The van der Waals surface area contributed by atoms with Crippen molar-refractivity contribution in [2.75, 3.05) is 30.3 Å². The van der Waals surface area contributed by atoms with Crippen LogP contribution in [0.25, 0.3) is 0 Å². The highest BCUT2D eigenvalue weighted by Crippen LogP contribution is 2.29. The lowest BCUT2D eigenvalue weighted by Gasteiger charge is -2.23. The van der Waals surface area contributed by atoms with Crippen LogP contribution in [0.4, 0.5) is 5.69 Å². The van der Waals surface area contributed by atoms with Crippen molar-refractivity contribution in [2.24, 2.45) is 5.10 Å². The minimum absolute atomic E-state index is 0.0489. The molecule has 0 unspecified atom stereocenters. The average Bonchev–Trinajstić information content (AvgIpc) is 2.71. The Balaban J connectivity index is 2.05. The molecule has 30 heavy (non-hydrogen) atoms. The molecule has 9 nitrogen and oxygen atoms in total. The Morgan fingerprint density at radius 3 is 2.53 bits per heavy atom. The zero-order chi connectivity index (χ0) is 22.0. The number of sulfonamides is 1. The van der Waals surface area contributed by atoms with Crippen LogP contribution in [-0.4, -0.2) is 46.6 Å². The summed E-state index contributed by atoms with van der Waals surface area (Å²) in [6, 6.07) is 15.2. The lowest BCUT2D eigenvalue weighted by atomic mass is 10.2. The fourth-order valence-corrected chi connectivity index (χ4v) is 3.29. The fourth-order valence-electron chi connectivity index (χ4n) is 2.43. The Morgan fingerprint density at radius 2 is 1.90 bits per heavy atom. The van der Waals surface area contributed by atoms with E-state index in [1.807, 2.05) is 6.07 Å². The number of nitrogens with one attached hydrogen (secondary N) is 1. The molecular formula is C20H22N4O5S. The van der Waals surface area contributed by atoms with Crippen molar-refractivity contribution in [2.45, 2.75) is 6.92 Å². The van der Waals surface area contributed by atoms with E-state index in [4.69, 9.17) is 14.7 Å². The molecule has 0 heterocycles. The largest absolute Gasteiger partial charge is 0.492 e. The molecule has 2 aromatic rings. The van der Waals surface area contributed by atoms with E-state index in [9.17, 15) is 13.2 Å². The first-order valence-corrected chi connectivity index (χ1v) is 10.8. The maximum absolute atomic E-state index is 12.3. The molecule has 2 rings (SSSR count). The van der Waals surface area contributed by atoms with Crippen molar-refractivity contribution >= 4 is 27.8 Å². The number of hydrogen-bond donors (Lipinski definition) is 1. The van der Waals surface area contributed by atoms with Gasteiger partial charge in [-0.3, -0.25) is 9.10 Å². The molecule has 0 aromatic heterocycles. The summed E-state index contributed by atoms with van der Waals surface area (Å²) in [7, 11) is -3.74. The van der Waals surface area contributed by atoms with Gasteiger partial charge in [0, 0.05) is 0 Å². The van der Waals surface area contributed by atoms with Gasteiger partial charge >= 0.3 is 0 Å². The average molecular weight is 430 g/mol. The van der Waals surface area contributed by atoms with Gasteiger partial charge in [-0.2, -0.15) is 10.4 Å². The van der Waals surface area contributed by atoms with Crippen LogP contribution in [0.2, 0.25) is 0 Å². The molecule has 0 spiro atoms. The monoisotopic (exact) mass is 430 g/mol. The zero-order valence-electron chi connectivity index (χ0n) is 16.6. The van der Waals surface area contributed by atoms with Gasteiger partial charge in [-0.25, -0.2) is 13.8 Å². The number of amides is 1. The van der Waals surface area contributed by atoms with E-state index < -0.39 is 22.5 Å². The number of ether oxygens (including phenoxy) is 2. The van der Waals surface area contributed by atoms with Crippen molar-refractivity contribution in [1.29, 1.82) is 5.26 Å². The second-order valence-corrected chi connectivity index (χ2v) is 7.89. The predicted molar refractivity (Wildman–Crippen MR) is 113 cm³/mol. The SMILES string of the molecule is CCOc1ccccc1N(CC(=O)N/N=C\c1ccc(OCC#N)cc1)S(C)(=O)=O. The van der Waals surface area contributed by atoms with Crippen molar-refractivity contribution in [1.82, 2.24) is 5.43 Å². The number of nitriles is 1. The third-order valence-corrected chi connectivity index (χ3v) is 4.83. The Bertz CT molecular complexity index is 1030. The molecule has 1 amide bonds. The van der Waals surface area contributed by atoms with Crippen molar-refractivity contribution in [3.05, 3.63) is 54.1 Å². The molecule has 1 N–H and O–H groups in total. The number of benzene rings is 2. The second kappa shape index (κ2) is 10.8. The van der Waals surface area contributed by atoms with E-state index in [1.54, 1.807) is 55.5 Å². The van der Waals surface area contributed by atoms with Crippen molar-refractivity contribution < 1.29 is 22.7 Å². The smallest absolute Gasteiger partial charge is 0.260 e. The minimum Gasteiger partial charge on any atom is -0.492 e. The first-order chi connectivity index (χ1) is 14.3. The summed E-state index contributed by atoms with van der Waals surface area (Å²) < 4.78 is 36.1. The topological polar surface area (TPSA) is 121 Å². The zero-order valence-corrected chi connectivity index (χ0v) is 17.4. The number of hydrogen-bond acceptors (Lipinski definition) is 7. The molecule has 0 aliphatic rings. The number of para-hydroxylation sites is 2. The van der Waals surface area contributed by atoms with Crippen LogP contribution in [0.1, 0.15) is 12.5 Å². The molecule has 0 saturated heterocycles. The summed E-state index contributed by atoms with van der Waals surface area (Å²) in [5.74, 6) is 0.284. The fraction of sp³-hybridized carbons (Fsp3) is 0.250. The van der Waals surface area contributed by atoms with Crippen LogP contribution >= 0.6 is 0 Å². The van der Waals surface area contributed by atoms with Crippen LogP contribution in [0.3, 0.4) is 0 Å². The Kier molecular flexibility index (Phi) is 8.19. The molecule has 0 aliphatic carbocycles. The summed E-state index contributed by atoms with van der Waals surface area (Å²) in [6.07, 6.45) is 2.42.